The molecular formula is H4FeNaO4. The molecule has 0 aliphatic heterocycles. The molecule has 37 valence electrons. The summed E-state index contributed by atoms with van der Waals surface area (Å²) in [5.74, 6) is 0. The molecule has 0 heterocycles. The van der Waals surface area contributed by atoms with Crippen molar-refractivity contribution >= 4 is 0 Å². The topological polar surface area (TPSA) is 120 Å². The average Bonchev–Trinajstić information content (AvgIpc) is 0. The van der Waals surface area contributed by atoms with Crippen LogP contribution >= 0.6 is 0 Å². The second-order valence-electron chi connectivity index (χ2n) is 0. The third kappa shape index (κ3) is 55.1. The number of hydrogen-bond donors (Lipinski definition) is 0. The standard InChI is InChI=1S/Fe.Na.4H2O/h;;4*1H2/q+3;+1;;;;/p-4. The summed E-state index contributed by atoms with van der Waals surface area (Å²) in [4.78, 5) is 0. The van der Waals surface area contributed by atoms with Crippen molar-refractivity contribution in [3.8, 4) is 0 Å². The van der Waals surface area contributed by atoms with Crippen LogP contribution in [0.1, 0.15) is 0 Å². The maximum atomic E-state index is 0. The predicted molar refractivity (Wildman–Crippen MR) is 7.74 cm³/mol. The van der Waals surface area contributed by atoms with E-state index in [0.29, 0.717) is 0 Å². The Labute approximate surface area is 68.3 Å². The fourth-order valence-corrected chi connectivity index (χ4v) is 0. The maximum Gasteiger partial charge on any atom is 3.00 e. The van der Waals surface area contributed by atoms with Crippen molar-refractivity contribution in [3.05, 3.63) is 0 Å². The van der Waals surface area contributed by atoms with Crippen LogP contribution in [0, 0.1) is 0 Å². The first-order valence-corrected chi connectivity index (χ1v) is 0. The molecule has 0 unspecified atom stereocenters. The Morgan fingerprint density at radius 3 is 0.500 bits per heavy atom. The molecule has 0 aliphatic rings. The summed E-state index contributed by atoms with van der Waals surface area (Å²) in [5, 5.41) is 0. The number of rotatable bonds is 0. The molecule has 0 saturated heterocycles. The first-order chi connectivity index (χ1) is 0. The smallest absolute Gasteiger partial charge is 0.870 e. The van der Waals surface area contributed by atoms with E-state index < -0.39 is 0 Å². The summed E-state index contributed by atoms with van der Waals surface area (Å²) in [7, 11) is 0. The van der Waals surface area contributed by atoms with E-state index in [-0.39, 0.29) is 68.5 Å². The van der Waals surface area contributed by atoms with Gasteiger partial charge in [0.05, 0.1) is 0 Å². The van der Waals surface area contributed by atoms with E-state index >= 15 is 0 Å². The Hall–Kier alpha value is 1.36. The molecule has 4 N–H and O–H groups in total. The van der Waals surface area contributed by atoms with Crippen LogP contribution in [0.25, 0.3) is 0 Å². The molecule has 0 aromatic rings. The van der Waals surface area contributed by atoms with Gasteiger partial charge in [-0.3, -0.25) is 0 Å². The Bertz CT molecular complexity index is 7.51. The van der Waals surface area contributed by atoms with Gasteiger partial charge < -0.3 is 21.9 Å². The number of hydrogen-bond acceptors (Lipinski definition) is 4. The third-order valence-electron chi connectivity index (χ3n) is 0. The van der Waals surface area contributed by atoms with Crippen LogP contribution in [0.3, 0.4) is 0 Å². The van der Waals surface area contributed by atoms with Crippen LogP contribution in [0.5, 0.6) is 0 Å². The van der Waals surface area contributed by atoms with E-state index in [9.17, 15) is 0 Å². The second-order valence-corrected chi connectivity index (χ2v) is 0. The van der Waals surface area contributed by atoms with Gasteiger partial charge in [-0.25, -0.2) is 0 Å². The minimum atomic E-state index is 0. The SMILES string of the molecule is [Fe+3].[Na+].[OH-].[OH-].[OH-].[OH-]. The molecule has 0 aliphatic carbocycles. The molecule has 0 aromatic heterocycles. The van der Waals surface area contributed by atoms with Gasteiger partial charge in [0.1, 0.15) is 0 Å². The molecule has 4 nitrogen and oxygen atoms in total. The van der Waals surface area contributed by atoms with Gasteiger partial charge in [-0.2, -0.15) is 0 Å². The molecule has 6 heavy (non-hydrogen) atoms. The first-order valence-electron chi connectivity index (χ1n) is 0. The van der Waals surface area contributed by atoms with E-state index in [0.717, 1.165) is 0 Å². The van der Waals surface area contributed by atoms with Crippen molar-refractivity contribution in [2.75, 3.05) is 0 Å². The monoisotopic (exact) mass is 147 g/mol. The minimum Gasteiger partial charge on any atom is -0.870 e. The van der Waals surface area contributed by atoms with Crippen LogP contribution in [0.15, 0.2) is 0 Å². The van der Waals surface area contributed by atoms with Crippen molar-refractivity contribution in [2.24, 2.45) is 0 Å². The molecule has 0 amide bonds. The molecular weight excluding hydrogens is 143 g/mol. The zero-order chi connectivity index (χ0) is 0. The minimum absolute atomic E-state index is 0. The van der Waals surface area contributed by atoms with E-state index in [2.05, 4.69) is 0 Å². The zero-order valence-corrected chi connectivity index (χ0v) is 6.25. The maximum absolute atomic E-state index is 0. The van der Waals surface area contributed by atoms with Crippen molar-refractivity contribution in [3.63, 3.8) is 0 Å². The normalized spacial score (nSPS) is 0. The van der Waals surface area contributed by atoms with E-state index in [1.54, 1.807) is 0 Å². The summed E-state index contributed by atoms with van der Waals surface area (Å²) < 4.78 is 0. The Morgan fingerprint density at radius 1 is 0.500 bits per heavy atom. The zero-order valence-electron chi connectivity index (χ0n) is 3.14. The molecule has 0 rings (SSSR count). The van der Waals surface area contributed by atoms with Gasteiger partial charge in [0.15, 0.2) is 0 Å². The van der Waals surface area contributed by atoms with Crippen LogP contribution < -0.4 is 29.6 Å². The quantitative estimate of drug-likeness (QED) is 0.327. The van der Waals surface area contributed by atoms with Gasteiger partial charge in [0, 0.05) is 0 Å². The summed E-state index contributed by atoms with van der Waals surface area (Å²) in [6.07, 6.45) is 0. The summed E-state index contributed by atoms with van der Waals surface area (Å²) in [5.41, 5.74) is 0. The Morgan fingerprint density at radius 2 is 0.500 bits per heavy atom. The molecule has 6 heteroatoms. The van der Waals surface area contributed by atoms with Crippen LogP contribution in [-0.2, 0) is 17.1 Å². The van der Waals surface area contributed by atoms with Gasteiger partial charge in [0.25, 0.3) is 0 Å². The van der Waals surface area contributed by atoms with Crippen LogP contribution in [-0.4, -0.2) is 21.9 Å². The van der Waals surface area contributed by atoms with Crippen molar-refractivity contribution in [1.29, 1.82) is 0 Å². The van der Waals surface area contributed by atoms with E-state index in [1.165, 1.54) is 0 Å². The fourth-order valence-electron chi connectivity index (χ4n) is 0. The predicted octanol–water partition coefficient (Wildman–Crippen LogP) is -3.71. The Kier molecular flexibility index (Phi) is 2650. The molecule has 0 saturated carbocycles. The summed E-state index contributed by atoms with van der Waals surface area (Å²) in [6, 6.07) is 0. The van der Waals surface area contributed by atoms with Gasteiger partial charge in [0.2, 0.25) is 0 Å². The van der Waals surface area contributed by atoms with E-state index in [1.807, 2.05) is 0 Å². The average molecular weight is 147 g/mol. The Balaban J connectivity index is 0. The third-order valence-corrected chi connectivity index (χ3v) is 0. The van der Waals surface area contributed by atoms with Crippen LogP contribution in [0.4, 0.5) is 0 Å². The van der Waals surface area contributed by atoms with Crippen molar-refractivity contribution in [1.82, 2.24) is 0 Å². The van der Waals surface area contributed by atoms with Gasteiger partial charge >= 0.3 is 46.6 Å². The van der Waals surface area contributed by atoms with E-state index in [4.69, 9.17) is 0 Å². The largest absolute Gasteiger partial charge is 3.00 e. The fraction of sp³-hybridized carbons (Fsp3) is 0. The molecule has 0 atom stereocenters. The van der Waals surface area contributed by atoms with Gasteiger partial charge in [-0.05, 0) is 0 Å². The van der Waals surface area contributed by atoms with Gasteiger partial charge in [-0.1, -0.05) is 0 Å². The van der Waals surface area contributed by atoms with Crippen molar-refractivity contribution in [2.45, 2.75) is 0 Å². The second kappa shape index (κ2) is 98.8. The van der Waals surface area contributed by atoms with Crippen molar-refractivity contribution < 1.29 is 68.5 Å². The van der Waals surface area contributed by atoms with Crippen LogP contribution in [0.2, 0.25) is 0 Å². The summed E-state index contributed by atoms with van der Waals surface area (Å²) >= 11 is 0. The first kappa shape index (κ1) is 161. The van der Waals surface area contributed by atoms with Gasteiger partial charge in [-0.15, -0.1) is 0 Å². The molecule has 1 radical (unpaired) electrons. The summed E-state index contributed by atoms with van der Waals surface area (Å²) in [6.45, 7) is 0. The molecule has 0 spiro atoms. The molecule has 0 bridgehead atoms. The molecule has 0 fully saturated rings. The molecule has 0 aromatic carbocycles.